The molecule has 202 valence electrons. The summed E-state index contributed by atoms with van der Waals surface area (Å²) in [5.41, 5.74) is 2.20. The number of aromatic carboxylic acids is 1. The van der Waals surface area contributed by atoms with Gasteiger partial charge in [-0.2, -0.15) is 0 Å². The van der Waals surface area contributed by atoms with Crippen molar-refractivity contribution in [2.45, 2.75) is 45.7 Å². The van der Waals surface area contributed by atoms with Crippen LogP contribution in [0.15, 0.2) is 47.2 Å². The Bertz CT molecular complexity index is 1560. The summed E-state index contributed by atoms with van der Waals surface area (Å²) in [4.78, 5) is 14.7. The van der Waals surface area contributed by atoms with Crippen LogP contribution in [0.25, 0.3) is 5.57 Å². The Hall–Kier alpha value is -3.39. The van der Waals surface area contributed by atoms with Crippen molar-refractivity contribution in [3.05, 3.63) is 86.9 Å². The smallest absolute Gasteiger partial charge is 0.339 e. The standard InChI is InChI=1S/C31H31F3N2O2Si/c1-4-7-22-28(32)26(27(31(37)38)30(34)29(22)33)25-20-10-8-18(35-12-5-13-35)16-23(20)39(2,3)24-17-19(9-11-21(24)25)36-14-6-15-36/h8-11,16-17H,4-7,12-15H2,1-3H3/p+1. The number of hydrogen-bond acceptors (Lipinski definition) is 2. The highest BCUT2D eigenvalue weighted by Gasteiger charge is 2.43. The summed E-state index contributed by atoms with van der Waals surface area (Å²) in [6, 6.07) is 6.06. The van der Waals surface area contributed by atoms with Gasteiger partial charge < -0.3 is 10.0 Å². The van der Waals surface area contributed by atoms with Gasteiger partial charge in [-0.05, 0) is 58.1 Å². The number of carboxylic acids is 1. The predicted octanol–water partition coefficient (Wildman–Crippen LogP) is 5.59. The summed E-state index contributed by atoms with van der Waals surface area (Å²) in [5.74, 6) is -5.59. The van der Waals surface area contributed by atoms with Gasteiger partial charge in [0, 0.05) is 42.1 Å². The number of fused-ring (bicyclic) bond motifs is 2. The van der Waals surface area contributed by atoms with Gasteiger partial charge in [0.1, 0.15) is 32.5 Å². The van der Waals surface area contributed by atoms with Gasteiger partial charge in [0.25, 0.3) is 0 Å². The highest BCUT2D eigenvalue weighted by molar-refractivity contribution is 6.98. The van der Waals surface area contributed by atoms with Gasteiger partial charge in [-0.25, -0.2) is 22.5 Å². The molecule has 2 saturated heterocycles. The SMILES string of the molecule is CCCc1c(F)c(F)c(C(=O)O)c(C2=C3C=CC(=[N+]4CCC4)C=C3[Si](C)(C)c3cc(N4CCC4)ccc32)c1F. The zero-order valence-corrected chi connectivity index (χ0v) is 23.5. The van der Waals surface area contributed by atoms with Crippen molar-refractivity contribution in [3.63, 3.8) is 0 Å². The average molecular weight is 550 g/mol. The number of carbonyl (C=O) groups is 1. The molecule has 3 heterocycles. The quantitative estimate of drug-likeness (QED) is 0.301. The number of benzene rings is 2. The maximum Gasteiger partial charge on any atom is 0.339 e. The second kappa shape index (κ2) is 9.36. The van der Waals surface area contributed by atoms with Crippen LogP contribution in [0, 0.1) is 17.5 Å². The second-order valence-electron chi connectivity index (χ2n) is 11.4. The molecular formula is C31H32F3N2O2Si+. The summed E-state index contributed by atoms with van der Waals surface area (Å²) in [5, 5.41) is 12.2. The molecular weight excluding hydrogens is 517 g/mol. The lowest BCUT2D eigenvalue weighted by Crippen LogP contribution is -2.50. The Balaban J connectivity index is 1.72. The van der Waals surface area contributed by atoms with E-state index >= 15 is 13.2 Å². The first kappa shape index (κ1) is 25.9. The molecule has 0 atom stereocenters. The first-order chi connectivity index (χ1) is 18.6. The monoisotopic (exact) mass is 549 g/mol. The van der Waals surface area contributed by atoms with Crippen molar-refractivity contribution >= 4 is 36.2 Å². The van der Waals surface area contributed by atoms with E-state index in [0.717, 1.165) is 60.8 Å². The van der Waals surface area contributed by atoms with Crippen molar-refractivity contribution in [1.29, 1.82) is 0 Å². The van der Waals surface area contributed by atoms with Crippen LogP contribution in [0.1, 0.15) is 53.2 Å². The summed E-state index contributed by atoms with van der Waals surface area (Å²) in [6.45, 7) is 10.1. The lowest BCUT2D eigenvalue weighted by molar-refractivity contribution is -0.582. The highest BCUT2D eigenvalue weighted by Crippen LogP contribution is 2.45. The molecule has 0 amide bonds. The van der Waals surface area contributed by atoms with E-state index in [4.69, 9.17) is 0 Å². The lowest BCUT2D eigenvalue weighted by Gasteiger charge is -2.40. The number of allylic oxidation sites excluding steroid dienone is 5. The van der Waals surface area contributed by atoms with Crippen LogP contribution in [-0.2, 0) is 6.42 Å². The molecule has 6 rings (SSSR count). The molecule has 0 bridgehead atoms. The fourth-order valence-corrected chi connectivity index (χ4v) is 9.32. The van der Waals surface area contributed by atoms with Gasteiger partial charge in [0.15, 0.2) is 17.3 Å². The molecule has 2 aromatic carbocycles. The summed E-state index contributed by atoms with van der Waals surface area (Å²) < 4.78 is 49.1. The van der Waals surface area contributed by atoms with Gasteiger partial charge in [-0.3, -0.25) is 0 Å². The van der Waals surface area contributed by atoms with Crippen molar-refractivity contribution in [3.8, 4) is 0 Å². The Morgan fingerprint density at radius 2 is 1.79 bits per heavy atom. The summed E-state index contributed by atoms with van der Waals surface area (Å²) >= 11 is 0. The fourth-order valence-electron chi connectivity index (χ4n) is 6.25. The molecule has 2 aromatic rings. The molecule has 2 fully saturated rings. The number of anilines is 1. The molecule has 0 saturated carbocycles. The van der Waals surface area contributed by atoms with Crippen molar-refractivity contribution in [1.82, 2.24) is 0 Å². The summed E-state index contributed by atoms with van der Waals surface area (Å²) in [6.07, 6.45) is 8.67. The van der Waals surface area contributed by atoms with Crippen LogP contribution in [0.4, 0.5) is 18.9 Å². The minimum Gasteiger partial charge on any atom is -0.478 e. The minimum absolute atomic E-state index is 0.0312. The first-order valence-corrected chi connectivity index (χ1v) is 16.7. The van der Waals surface area contributed by atoms with Gasteiger partial charge in [0.2, 0.25) is 0 Å². The molecule has 1 N–H and O–H groups in total. The minimum atomic E-state index is -2.37. The van der Waals surface area contributed by atoms with E-state index in [1.807, 2.05) is 24.3 Å². The topological polar surface area (TPSA) is 43.5 Å². The number of rotatable bonds is 5. The summed E-state index contributed by atoms with van der Waals surface area (Å²) in [7, 11) is -2.37. The van der Waals surface area contributed by atoms with Crippen LogP contribution in [0.2, 0.25) is 13.1 Å². The molecule has 8 heteroatoms. The second-order valence-corrected chi connectivity index (χ2v) is 15.7. The van der Waals surface area contributed by atoms with E-state index in [1.54, 1.807) is 6.92 Å². The zero-order valence-electron chi connectivity index (χ0n) is 22.5. The van der Waals surface area contributed by atoms with E-state index < -0.39 is 42.6 Å². The molecule has 39 heavy (non-hydrogen) atoms. The largest absolute Gasteiger partial charge is 0.478 e. The fraction of sp³-hybridized carbons (Fsp3) is 0.355. The van der Waals surface area contributed by atoms with E-state index in [2.05, 4.69) is 34.7 Å². The third-order valence-electron chi connectivity index (χ3n) is 8.71. The predicted molar refractivity (Wildman–Crippen MR) is 151 cm³/mol. The number of hydrogen-bond donors (Lipinski definition) is 1. The normalized spacial score (nSPS) is 19.3. The van der Waals surface area contributed by atoms with Crippen molar-refractivity contribution in [2.24, 2.45) is 0 Å². The number of halogens is 3. The maximum absolute atomic E-state index is 16.3. The number of nitrogens with zero attached hydrogens (tertiary/aromatic N) is 2. The van der Waals surface area contributed by atoms with Crippen LogP contribution in [-0.4, -0.2) is 55.6 Å². The third-order valence-corrected chi connectivity index (χ3v) is 12.2. The number of carboxylic acid groups (broad SMARTS) is 1. The van der Waals surface area contributed by atoms with Gasteiger partial charge in [0.05, 0.1) is 6.42 Å². The van der Waals surface area contributed by atoms with Gasteiger partial charge >= 0.3 is 5.97 Å². The van der Waals surface area contributed by atoms with Crippen LogP contribution >= 0.6 is 0 Å². The maximum atomic E-state index is 16.3. The molecule has 4 aliphatic rings. The van der Waals surface area contributed by atoms with Crippen LogP contribution in [0.3, 0.4) is 0 Å². The van der Waals surface area contributed by atoms with E-state index in [1.165, 1.54) is 0 Å². The van der Waals surface area contributed by atoms with Gasteiger partial charge in [-0.1, -0.05) is 32.5 Å². The molecule has 0 aromatic heterocycles. The van der Waals surface area contributed by atoms with Crippen molar-refractivity contribution < 1.29 is 27.6 Å². The van der Waals surface area contributed by atoms with E-state index in [-0.39, 0.29) is 12.0 Å². The van der Waals surface area contributed by atoms with Crippen LogP contribution < -0.4 is 10.1 Å². The Kier molecular flexibility index (Phi) is 6.21. The molecule has 0 spiro atoms. The average Bonchev–Trinajstić information content (AvgIpc) is 2.83. The van der Waals surface area contributed by atoms with Gasteiger partial charge in [-0.15, -0.1) is 0 Å². The molecule has 4 nitrogen and oxygen atoms in total. The zero-order chi connectivity index (χ0) is 27.6. The molecule has 3 aliphatic heterocycles. The van der Waals surface area contributed by atoms with E-state index in [9.17, 15) is 9.90 Å². The van der Waals surface area contributed by atoms with E-state index in [0.29, 0.717) is 23.1 Å². The Morgan fingerprint density at radius 3 is 2.38 bits per heavy atom. The highest BCUT2D eigenvalue weighted by atomic mass is 28.3. The first-order valence-electron chi connectivity index (χ1n) is 13.7. The Morgan fingerprint density at radius 1 is 1.05 bits per heavy atom. The molecule has 1 aliphatic carbocycles. The lowest BCUT2D eigenvalue weighted by atomic mass is 9.85. The Labute approximate surface area is 227 Å². The van der Waals surface area contributed by atoms with Crippen molar-refractivity contribution in [2.75, 3.05) is 31.1 Å². The molecule has 0 unspecified atom stereocenters. The van der Waals surface area contributed by atoms with Crippen LogP contribution in [0.5, 0.6) is 0 Å². The molecule has 0 radical (unpaired) electrons. The third kappa shape index (κ3) is 3.86.